The second kappa shape index (κ2) is 5.06. The molecule has 3 aromatic rings. The molecule has 2 heterocycles. The Morgan fingerprint density at radius 2 is 1.67 bits per heavy atom. The van der Waals surface area contributed by atoms with E-state index >= 15 is 0 Å². The van der Waals surface area contributed by atoms with Crippen molar-refractivity contribution in [3.8, 4) is 0 Å². The van der Waals surface area contributed by atoms with Gasteiger partial charge in [-0.3, -0.25) is 9.59 Å². The molecule has 0 N–H and O–H groups in total. The summed E-state index contributed by atoms with van der Waals surface area (Å²) in [6.45, 7) is 3.93. The van der Waals surface area contributed by atoms with Crippen molar-refractivity contribution in [2.45, 2.75) is 19.9 Å². The molecule has 0 aliphatic carbocycles. The molecule has 4 rings (SSSR count). The average Bonchev–Trinajstić information content (AvgIpc) is 2.83. The SMILES string of the molecule is Cc1cc2oc3c(c(=O)c2cc1C)[C@H](c1ccccc1)N(C)C3=O. The van der Waals surface area contributed by atoms with E-state index in [1.54, 1.807) is 11.9 Å². The smallest absolute Gasteiger partial charge is 0.290 e. The van der Waals surface area contributed by atoms with Gasteiger partial charge in [0.2, 0.25) is 5.76 Å². The molecule has 4 nitrogen and oxygen atoms in total. The molecule has 0 radical (unpaired) electrons. The molecular formula is C20H17NO3. The van der Waals surface area contributed by atoms with Gasteiger partial charge < -0.3 is 9.32 Å². The summed E-state index contributed by atoms with van der Waals surface area (Å²) in [5.41, 5.74) is 3.75. The fourth-order valence-corrected chi connectivity index (χ4v) is 3.37. The molecule has 1 amide bonds. The lowest BCUT2D eigenvalue weighted by Crippen LogP contribution is -2.25. The Kier molecular flexibility index (Phi) is 3.10. The van der Waals surface area contributed by atoms with Crippen LogP contribution in [0.1, 0.15) is 38.9 Å². The monoisotopic (exact) mass is 319 g/mol. The number of nitrogens with zero attached hydrogens (tertiary/aromatic N) is 1. The van der Waals surface area contributed by atoms with Crippen molar-refractivity contribution >= 4 is 16.9 Å². The first-order valence-electron chi connectivity index (χ1n) is 7.89. The molecule has 24 heavy (non-hydrogen) atoms. The van der Waals surface area contributed by atoms with E-state index in [0.29, 0.717) is 16.5 Å². The van der Waals surface area contributed by atoms with Gasteiger partial charge in [0.15, 0.2) is 5.43 Å². The van der Waals surface area contributed by atoms with Gasteiger partial charge in [-0.2, -0.15) is 0 Å². The quantitative estimate of drug-likeness (QED) is 0.689. The fraction of sp³-hybridized carbons (Fsp3) is 0.200. The van der Waals surface area contributed by atoms with Crippen LogP contribution in [0.3, 0.4) is 0 Å². The zero-order valence-corrected chi connectivity index (χ0v) is 13.8. The van der Waals surface area contributed by atoms with Crippen LogP contribution in [-0.4, -0.2) is 17.9 Å². The number of rotatable bonds is 1. The van der Waals surface area contributed by atoms with Crippen molar-refractivity contribution in [1.29, 1.82) is 0 Å². The first-order valence-corrected chi connectivity index (χ1v) is 7.89. The number of benzene rings is 2. The third-order valence-corrected chi connectivity index (χ3v) is 4.83. The van der Waals surface area contributed by atoms with Crippen LogP contribution in [0.25, 0.3) is 11.0 Å². The van der Waals surface area contributed by atoms with Gasteiger partial charge in [-0.05, 0) is 42.7 Å². The highest BCUT2D eigenvalue weighted by atomic mass is 16.3. The summed E-state index contributed by atoms with van der Waals surface area (Å²) in [4.78, 5) is 27.3. The first-order chi connectivity index (χ1) is 11.5. The molecule has 2 aromatic carbocycles. The number of carbonyl (C=O) groups excluding carboxylic acids is 1. The molecule has 0 saturated carbocycles. The van der Waals surface area contributed by atoms with Crippen molar-refractivity contribution < 1.29 is 9.21 Å². The fourth-order valence-electron chi connectivity index (χ4n) is 3.37. The topological polar surface area (TPSA) is 50.5 Å². The Morgan fingerprint density at radius 3 is 2.38 bits per heavy atom. The highest BCUT2D eigenvalue weighted by molar-refractivity contribution is 5.99. The number of hydrogen-bond acceptors (Lipinski definition) is 3. The largest absolute Gasteiger partial charge is 0.450 e. The first kappa shape index (κ1) is 14.7. The van der Waals surface area contributed by atoms with Crippen LogP contribution in [0, 0.1) is 13.8 Å². The number of carbonyl (C=O) groups is 1. The van der Waals surface area contributed by atoms with E-state index in [-0.39, 0.29) is 17.1 Å². The Bertz CT molecular complexity index is 1030. The Labute approximate surface area is 139 Å². The van der Waals surface area contributed by atoms with Gasteiger partial charge in [0.25, 0.3) is 5.91 Å². The molecule has 0 saturated heterocycles. The summed E-state index contributed by atoms with van der Waals surface area (Å²) in [7, 11) is 1.70. The number of fused-ring (bicyclic) bond motifs is 2. The van der Waals surface area contributed by atoms with Crippen LogP contribution in [0.4, 0.5) is 0 Å². The zero-order chi connectivity index (χ0) is 17.0. The highest BCUT2D eigenvalue weighted by Crippen LogP contribution is 2.37. The molecule has 0 fully saturated rings. The maximum Gasteiger partial charge on any atom is 0.290 e. The molecule has 120 valence electrons. The van der Waals surface area contributed by atoms with Crippen molar-refractivity contribution in [3.63, 3.8) is 0 Å². The van der Waals surface area contributed by atoms with Crippen molar-refractivity contribution in [3.05, 3.63) is 80.7 Å². The Balaban J connectivity index is 2.07. The molecule has 4 heteroatoms. The molecule has 1 atom stereocenters. The summed E-state index contributed by atoms with van der Waals surface area (Å²) in [6, 6.07) is 12.8. The van der Waals surface area contributed by atoms with Crippen LogP contribution in [0.5, 0.6) is 0 Å². The molecule has 0 bridgehead atoms. The summed E-state index contributed by atoms with van der Waals surface area (Å²) in [5, 5.41) is 0.529. The Morgan fingerprint density at radius 1 is 1.00 bits per heavy atom. The minimum Gasteiger partial charge on any atom is -0.450 e. The van der Waals surface area contributed by atoms with E-state index in [9.17, 15) is 9.59 Å². The van der Waals surface area contributed by atoms with Gasteiger partial charge in [-0.1, -0.05) is 30.3 Å². The lowest BCUT2D eigenvalue weighted by molar-refractivity contribution is 0.0771. The summed E-state index contributed by atoms with van der Waals surface area (Å²) in [6.07, 6.45) is 0. The summed E-state index contributed by atoms with van der Waals surface area (Å²) >= 11 is 0. The van der Waals surface area contributed by atoms with Crippen LogP contribution in [-0.2, 0) is 0 Å². The minimum absolute atomic E-state index is 0.124. The standard InChI is InChI=1S/C20H17NO3/c1-11-9-14-15(10-12(11)2)24-19-16(18(14)22)17(21(3)20(19)23)13-7-5-4-6-8-13/h4-10,17H,1-3H3/t17-/m0/s1. The number of amides is 1. The number of hydrogen-bond donors (Lipinski definition) is 0. The molecule has 1 aromatic heterocycles. The minimum atomic E-state index is -0.407. The van der Waals surface area contributed by atoms with Crippen LogP contribution in [0.15, 0.2) is 51.7 Å². The summed E-state index contributed by atoms with van der Waals surface area (Å²) < 4.78 is 5.86. The van der Waals surface area contributed by atoms with Gasteiger partial charge in [-0.25, -0.2) is 0 Å². The molecule has 0 spiro atoms. The van der Waals surface area contributed by atoms with Gasteiger partial charge in [0.05, 0.1) is 17.0 Å². The third kappa shape index (κ3) is 1.92. The van der Waals surface area contributed by atoms with E-state index in [0.717, 1.165) is 16.7 Å². The predicted octanol–water partition coefficient (Wildman–Crippen LogP) is 3.58. The van der Waals surface area contributed by atoms with Crippen molar-refractivity contribution in [2.24, 2.45) is 0 Å². The van der Waals surface area contributed by atoms with Gasteiger partial charge in [0.1, 0.15) is 5.58 Å². The van der Waals surface area contributed by atoms with Gasteiger partial charge >= 0.3 is 0 Å². The maximum absolute atomic E-state index is 13.1. The molecule has 1 aliphatic heterocycles. The zero-order valence-electron chi connectivity index (χ0n) is 13.8. The molecule has 1 aliphatic rings. The van der Waals surface area contributed by atoms with E-state index in [4.69, 9.17) is 4.42 Å². The van der Waals surface area contributed by atoms with Gasteiger partial charge in [-0.15, -0.1) is 0 Å². The van der Waals surface area contributed by atoms with E-state index < -0.39 is 6.04 Å². The lowest BCUT2D eigenvalue weighted by Gasteiger charge is -2.20. The van der Waals surface area contributed by atoms with Crippen LogP contribution >= 0.6 is 0 Å². The van der Waals surface area contributed by atoms with E-state index in [1.807, 2.05) is 56.3 Å². The second-order valence-electron chi connectivity index (χ2n) is 6.34. The Hall–Kier alpha value is -2.88. The maximum atomic E-state index is 13.1. The van der Waals surface area contributed by atoms with Gasteiger partial charge in [0, 0.05) is 7.05 Å². The lowest BCUT2D eigenvalue weighted by atomic mass is 9.98. The second-order valence-corrected chi connectivity index (χ2v) is 6.34. The molecule has 0 unspecified atom stereocenters. The third-order valence-electron chi connectivity index (χ3n) is 4.83. The average molecular weight is 319 g/mol. The predicted molar refractivity (Wildman–Crippen MR) is 92.3 cm³/mol. The normalized spacial score (nSPS) is 16.7. The van der Waals surface area contributed by atoms with E-state index in [2.05, 4.69) is 0 Å². The molecular weight excluding hydrogens is 302 g/mol. The summed E-state index contributed by atoms with van der Waals surface area (Å²) in [5.74, 6) is -0.0943. The highest BCUT2D eigenvalue weighted by Gasteiger charge is 2.40. The van der Waals surface area contributed by atoms with Crippen molar-refractivity contribution in [1.82, 2.24) is 4.90 Å². The van der Waals surface area contributed by atoms with Crippen LogP contribution < -0.4 is 5.43 Å². The van der Waals surface area contributed by atoms with Crippen LogP contribution in [0.2, 0.25) is 0 Å². The van der Waals surface area contributed by atoms with Crippen molar-refractivity contribution in [2.75, 3.05) is 7.05 Å². The number of aryl methyl sites for hydroxylation is 2. The van der Waals surface area contributed by atoms with E-state index in [1.165, 1.54) is 0 Å².